The maximum absolute atomic E-state index is 10.6. The molecule has 0 spiro atoms. The van der Waals surface area contributed by atoms with E-state index in [2.05, 4.69) is 4.98 Å². The van der Waals surface area contributed by atoms with Gasteiger partial charge in [0.1, 0.15) is 5.82 Å². The Morgan fingerprint density at radius 2 is 2.31 bits per heavy atom. The fraction of sp³-hybridized carbons (Fsp3) is 0.500. The first kappa shape index (κ1) is 12.4. The van der Waals surface area contributed by atoms with E-state index in [0.717, 1.165) is 6.42 Å². The summed E-state index contributed by atoms with van der Waals surface area (Å²) < 4.78 is 0. The van der Waals surface area contributed by atoms with Gasteiger partial charge in [0, 0.05) is 25.4 Å². The van der Waals surface area contributed by atoms with Crippen LogP contribution in [0.5, 0.6) is 0 Å². The highest BCUT2D eigenvalue weighted by atomic mass is 16.6. The number of nitrogens with zero attached hydrogens (tertiary/aromatic N) is 3. The molecule has 0 atom stereocenters. The van der Waals surface area contributed by atoms with E-state index in [-0.39, 0.29) is 12.3 Å². The molecule has 0 saturated carbocycles. The first-order chi connectivity index (χ1) is 7.69. The molecule has 0 aromatic carbocycles. The van der Waals surface area contributed by atoms with E-state index in [4.69, 9.17) is 5.11 Å². The van der Waals surface area contributed by atoms with Gasteiger partial charge in [-0.3, -0.25) is 10.1 Å². The molecule has 0 aliphatic carbocycles. The third kappa shape index (κ3) is 3.16. The van der Waals surface area contributed by atoms with Gasteiger partial charge in [0.05, 0.1) is 17.6 Å². The Morgan fingerprint density at radius 3 is 2.88 bits per heavy atom. The molecule has 0 aliphatic rings. The largest absolute Gasteiger partial charge is 0.395 e. The van der Waals surface area contributed by atoms with Crippen molar-refractivity contribution in [3.05, 3.63) is 28.4 Å². The fourth-order valence-electron chi connectivity index (χ4n) is 1.43. The SMILES string of the molecule is CCCN(CCO)c1cc([N+](=O)[O-])ccn1. The minimum atomic E-state index is -0.450. The summed E-state index contributed by atoms with van der Waals surface area (Å²) in [6.45, 7) is 3.16. The van der Waals surface area contributed by atoms with Gasteiger partial charge in [0.25, 0.3) is 5.69 Å². The highest BCUT2D eigenvalue weighted by Crippen LogP contribution is 2.17. The topological polar surface area (TPSA) is 79.5 Å². The van der Waals surface area contributed by atoms with Crippen molar-refractivity contribution in [3.8, 4) is 0 Å². The molecular weight excluding hydrogens is 210 g/mol. The second kappa shape index (κ2) is 6.02. The van der Waals surface area contributed by atoms with Crippen LogP contribution in [0, 0.1) is 10.1 Å². The minimum Gasteiger partial charge on any atom is -0.395 e. The Labute approximate surface area is 93.7 Å². The molecule has 6 heteroatoms. The third-order valence-corrected chi connectivity index (χ3v) is 2.13. The van der Waals surface area contributed by atoms with Gasteiger partial charge in [-0.25, -0.2) is 4.98 Å². The zero-order valence-electron chi connectivity index (χ0n) is 9.17. The normalized spacial score (nSPS) is 10.1. The number of nitro groups is 1. The average Bonchev–Trinajstić information content (AvgIpc) is 2.29. The second-order valence-electron chi connectivity index (χ2n) is 3.34. The summed E-state index contributed by atoms with van der Waals surface area (Å²) in [4.78, 5) is 16.0. The molecule has 0 bridgehead atoms. The molecular formula is C10H15N3O3. The van der Waals surface area contributed by atoms with Gasteiger partial charge in [-0.1, -0.05) is 6.92 Å². The zero-order chi connectivity index (χ0) is 12.0. The number of aliphatic hydroxyl groups is 1. The monoisotopic (exact) mass is 225 g/mol. The Hall–Kier alpha value is -1.69. The molecule has 16 heavy (non-hydrogen) atoms. The lowest BCUT2D eigenvalue weighted by molar-refractivity contribution is -0.384. The first-order valence-electron chi connectivity index (χ1n) is 5.15. The number of anilines is 1. The summed E-state index contributed by atoms with van der Waals surface area (Å²) in [5, 5.41) is 19.5. The predicted octanol–water partition coefficient (Wildman–Crippen LogP) is 1.20. The van der Waals surface area contributed by atoms with Crippen LogP contribution >= 0.6 is 0 Å². The van der Waals surface area contributed by atoms with Crippen molar-refractivity contribution in [1.82, 2.24) is 4.98 Å². The van der Waals surface area contributed by atoms with Gasteiger partial charge in [0.2, 0.25) is 0 Å². The van der Waals surface area contributed by atoms with Crippen LogP contribution < -0.4 is 4.90 Å². The van der Waals surface area contributed by atoms with Crippen LogP contribution in [0.25, 0.3) is 0 Å². The van der Waals surface area contributed by atoms with Crippen molar-refractivity contribution in [1.29, 1.82) is 0 Å². The van der Waals surface area contributed by atoms with E-state index in [9.17, 15) is 10.1 Å². The highest BCUT2D eigenvalue weighted by Gasteiger charge is 2.11. The predicted molar refractivity (Wildman–Crippen MR) is 60.5 cm³/mol. The maximum Gasteiger partial charge on any atom is 0.274 e. The lowest BCUT2D eigenvalue weighted by atomic mass is 10.3. The molecule has 1 rings (SSSR count). The Balaban J connectivity index is 2.90. The highest BCUT2D eigenvalue weighted by molar-refractivity contribution is 5.46. The van der Waals surface area contributed by atoms with Crippen LogP contribution in [0.3, 0.4) is 0 Å². The molecule has 0 unspecified atom stereocenters. The molecule has 1 aromatic heterocycles. The minimum absolute atomic E-state index is 0.00434. The van der Waals surface area contributed by atoms with Crippen molar-refractivity contribution in [2.45, 2.75) is 13.3 Å². The number of aromatic nitrogens is 1. The van der Waals surface area contributed by atoms with Crippen LogP contribution in [-0.4, -0.2) is 34.7 Å². The van der Waals surface area contributed by atoms with Crippen LogP contribution in [-0.2, 0) is 0 Å². The number of rotatable bonds is 6. The Kier molecular flexibility index (Phi) is 4.65. The van der Waals surface area contributed by atoms with Crippen molar-refractivity contribution < 1.29 is 10.0 Å². The van der Waals surface area contributed by atoms with Gasteiger partial charge in [0.15, 0.2) is 0 Å². The molecule has 1 N–H and O–H groups in total. The summed E-state index contributed by atoms with van der Waals surface area (Å²) >= 11 is 0. The van der Waals surface area contributed by atoms with Gasteiger partial charge >= 0.3 is 0 Å². The van der Waals surface area contributed by atoms with Crippen LogP contribution in [0.4, 0.5) is 11.5 Å². The van der Waals surface area contributed by atoms with Gasteiger partial charge in [-0.15, -0.1) is 0 Å². The van der Waals surface area contributed by atoms with E-state index in [1.165, 1.54) is 18.3 Å². The molecule has 0 saturated heterocycles. The summed E-state index contributed by atoms with van der Waals surface area (Å²) in [7, 11) is 0. The fourth-order valence-corrected chi connectivity index (χ4v) is 1.43. The van der Waals surface area contributed by atoms with Crippen LogP contribution in [0.2, 0.25) is 0 Å². The maximum atomic E-state index is 10.6. The number of hydrogen-bond acceptors (Lipinski definition) is 5. The molecule has 88 valence electrons. The Morgan fingerprint density at radius 1 is 1.56 bits per heavy atom. The first-order valence-corrected chi connectivity index (χ1v) is 5.15. The van der Waals surface area contributed by atoms with Gasteiger partial charge in [-0.05, 0) is 6.42 Å². The molecule has 0 aliphatic heterocycles. The van der Waals surface area contributed by atoms with Crippen molar-refractivity contribution in [2.75, 3.05) is 24.6 Å². The Bertz CT molecular complexity index is 351. The standard InChI is InChI=1S/C10H15N3O3/c1-2-5-12(6-7-14)10-8-9(13(15)16)3-4-11-10/h3-4,8,14H,2,5-7H2,1H3. The zero-order valence-corrected chi connectivity index (χ0v) is 9.17. The van der Waals surface area contributed by atoms with Crippen LogP contribution in [0.15, 0.2) is 18.3 Å². The van der Waals surface area contributed by atoms with Crippen molar-refractivity contribution >= 4 is 11.5 Å². The van der Waals surface area contributed by atoms with Crippen molar-refractivity contribution in [3.63, 3.8) is 0 Å². The molecule has 1 aromatic rings. The van der Waals surface area contributed by atoms with E-state index >= 15 is 0 Å². The molecule has 0 fully saturated rings. The number of pyridine rings is 1. The van der Waals surface area contributed by atoms with E-state index in [1.807, 2.05) is 11.8 Å². The van der Waals surface area contributed by atoms with Gasteiger partial charge in [-0.2, -0.15) is 0 Å². The smallest absolute Gasteiger partial charge is 0.274 e. The summed E-state index contributed by atoms with van der Waals surface area (Å²) in [5.41, 5.74) is 0.0176. The lowest BCUT2D eigenvalue weighted by Gasteiger charge is -2.21. The number of aliphatic hydroxyl groups excluding tert-OH is 1. The molecule has 6 nitrogen and oxygen atoms in total. The quantitative estimate of drug-likeness (QED) is 0.581. The van der Waals surface area contributed by atoms with Crippen molar-refractivity contribution in [2.24, 2.45) is 0 Å². The average molecular weight is 225 g/mol. The molecule has 0 amide bonds. The van der Waals surface area contributed by atoms with E-state index < -0.39 is 4.92 Å². The van der Waals surface area contributed by atoms with Gasteiger partial charge < -0.3 is 10.0 Å². The van der Waals surface area contributed by atoms with Crippen LogP contribution in [0.1, 0.15) is 13.3 Å². The van der Waals surface area contributed by atoms with E-state index in [1.54, 1.807) is 0 Å². The van der Waals surface area contributed by atoms with E-state index in [0.29, 0.717) is 18.9 Å². The lowest BCUT2D eigenvalue weighted by Crippen LogP contribution is -2.28. The summed E-state index contributed by atoms with van der Waals surface area (Å²) in [6, 6.07) is 2.78. The number of hydrogen-bond donors (Lipinski definition) is 1. The summed E-state index contributed by atoms with van der Waals surface area (Å²) in [5.74, 6) is 0.533. The second-order valence-corrected chi connectivity index (χ2v) is 3.34. The summed E-state index contributed by atoms with van der Waals surface area (Å²) in [6.07, 6.45) is 2.30. The third-order valence-electron chi connectivity index (χ3n) is 2.13. The molecule has 1 heterocycles. The molecule has 0 radical (unpaired) electrons.